The number of hydrogen-bond donors (Lipinski definition) is 0. The highest BCUT2D eigenvalue weighted by atomic mass is 16.7. The molecule has 0 saturated carbocycles. The molecule has 1 aliphatic rings. The number of unbranched alkanes of at least 4 members (excludes halogenated alkanes) is 14. The predicted molar refractivity (Wildman–Crippen MR) is 117 cm³/mol. The highest BCUT2D eigenvalue weighted by Gasteiger charge is 2.21. The second-order valence-electron chi connectivity index (χ2n) is 8.54. The zero-order chi connectivity index (χ0) is 20.3. The predicted octanol–water partition coefficient (Wildman–Crippen LogP) is 7.51. The van der Waals surface area contributed by atoms with E-state index >= 15 is 0 Å². The van der Waals surface area contributed by atoms with E-state index in [1.54, 1.807) is 0 Å². The van der Waals surface area contributed by atoms with Crippen LogP contribution < -0.4 is 5.32 Å². The molecule has 0 amide bonds. The SMILES string of the molecule is CCCCCCCCCCCCCCCCCC(C)OC(=O)OC1CCC[N]1. The molecule has 0 aromatic rings. The van der Waals surface area contributed by atoms with E-state index in [9.17, 15) is 4.79 Å². The molecule has 1 aliphatic heterocycles. The first-order valence-electron chi connectivity index (χ1n) is 12.3. The van der Waals surface area contributed by atoms with Gasteiger partial charge in [-0.05, 0) is 26.2 Å². The fourth-order valence-electron chi connectivity index (χ4n) is 3.85. The lowest BCUT2D eigenvalue weighted by atomic mass is 10.0. The van der Waals surface area contributed by atoms with E-state index in [1.165, 1.54) is 89.9 Å². The minimum atomic E-state index is -0.552. The molecule has 28 heavy (non-hydrogen) atoms. The molecule has 2 atom stereocenters. The Hall–Kier alpha value is -0.770. The maximum absolute atomic E-state index is 11.7. The van der Waals surface area contributed by atoms with Crippen LogP contribution in [-0.2, 0) is 9.47 Å². The van der Waals surface area contributed by atoms with Gasteiger partial charge in [0.15, 0.2) is 6.23 Å². The van der Waals surface area contributed by atoms with Crippen molar-refractivity contribution in [2.24, 2.45) is 0 Å². The molecule has 0 aliphatic carbocycles. The van der Waals surface area contributed by atoms with Gasteiger partial charge in [0.2, 0.25) is 0 Å². The van der Waals surface area contributed by atoms with Crippen LogP contribution in [0.5, 0.6) is 0 Å². The van der Waals surface area contributed by atoms with Crippen LogP contribution in [0.15, 0.2) is 0 Å². The molecule has 0 aromatic carbocycles. The number of hydrogen-bond acceptors (Lipinski definition) is 3. The summed E-state index contributed by atoms with van der Waals surface area (Å²) in [5, 5.41) is 4.21. The molecular formula is C24H46NO3. The van der Waals surface area contributed by atoms with Gasteiger partial charge < -0.3 is 9.47 Å². The fraction of sp³-hybridized carbons (Fsp3) is 0.958. The van der Waals surface area contributed by atoms with Gasteiger partial charge >= 0.3 is 6.16 Å². The Balaban J connectivity index is 1.76. The Bertz CT molecular complexity index is 356. The summed E-state index contributed by atoms with van der Waals surface area (Å²) >= 11 is 0. The van der Waals surface area contributed by atoms with Gasteiger partial charge in [0, 0.05) is 13.0 Å². The van der Waals surface area contributed by atoms with Gasteiger partial charge in [-0.2, -0.15) is 0 Å². The van der Waals surface area contributed by atoms with E-state index in [4.69, 9.17) is 9.47 Å². The highest BCUT2D eigenvalue weighted by Crippen LogP contribution is 2.15. The number of rotatable bonds is 18. The highest BCUT2D eigenvalue weighted by molar-refractivity contribution is 5.60. The lowest BCUT2D eigenvalue weighted by molar-refractivity contribution is -0.00421. The quantitative estimate of drug-likeness (QED) is 0.178. The van der Waals surface area contributed by atoms with E-state index in [0.717, 1.165) is 32.2 Å². The summed E-state index contributed by atoms with van der Waals surface area (Å²) in [4.78, 5) is 11.7. The van der Waals surface area contributed by atoms with Crippen molar-refractivity contribution in [2.75, 3.05) is 6.54 Å². The molecular weight excluding hydrogens is 350 g/mol. The molecule has 4 heteroatoms. The van der Waals surface area contributed by atoms with Crippen molar-refractivity contribution in [2.45, 2.75) is 142 Å². The van der Waals surface area contributed by atoms with Gasteiger partial charge in [-0.25, -0.2) is 10.1 Å². The van der Waals surface area contributed by atoms with Crippen LogP contribution in [0.1, 0.15) is 129 Å². The van der Waals surface area contributed by atoms with Crippen molar-refractivity contribution in [3.8, 4) is 0 Å². The zero-order valence-corrected chi connectivity index (χ0v) is 18.8. The van der Waals surface area contributed by atoms with Crippen molar-refractivity contribution < 1.29 is 14.3 Å². The minimum Gasteiger partial charge on any atom is -0.431 e. The molecule has 2 unspecified atom stereocenters. The molecule has 1 saturated heterocycles. The van der Waals surface area contributed by atoms with Crippen LogP contribution in [0.4, 0.5) is 4.79 Å². The average Bonchev–Trinajstić information content (AvgIpc) is 3.17. The van der Waals surface area contributed by atoms with Crippen molar-refractivity contribution in [1.29, 1.82) is 0 Å². The maximum Gasteiger partial charge on any atom is 0.510 e. The van der Waals surface area contributed by atoms with Crippen LogP contribution in [-0.4, -0.2) is 25.0 Å². The molecule has 1 radical (unpaired) electrons. The normalized spacial score (nSPS) is 17.6. The van der Waals surface area contributed by atoms with Gasteiger partial charge in [0.1, 0.15) is 6.10 Å². The zero-order valence-electron chi connectivity index (χ0n) is 18.8. The number of nitrogens with zero attached hydrogens (tertiary/aromatic N) is 1. The Labute approximate surface area is 174 Å². The van der Waals surface area contributed by atoms with Gasteiger partial charge in [0.05, 0.1) is 0 Å². The minimum absolute atomic E-state index is 0.0594. The lowest BCUT2D eigenvalue weighted by Crippen LogP contribution is -2.25. The van der Waals surface area contributed by atoms with Crippen LogP contribution in [0.2, 0.25) is 0 Å². The van der Waals surface area contributed by atoms with Crippen molar-refractivity contribution in [3.63, 3.8) is 0 Å². The van der Waals surface area contributed by atoms with Crippen LogP contribution >= 0.6 is 0 Å². The summed E-state index contributed by atoms with van der Waals surface area (Å²) in [6.07, 6.45) is 22.4. The summed E-state index contributed by atoms with van der Waals surface area (Å²) in [7, 11) is 0. The van der Waals surface area contributed by atoms with E-state index < -0.39 is 6.16 Å². The molecule has 1 rings (SSSR count). The largest absolute Gasteiger partial charge is 0.510 e. The van der Waals surface area contributed by atoms with Crippen LogP contribution in [0, 0.1) is 0 Å². The van der Waals surface area contributed by atoms with Crippen LogP contribution in [0.25, 0.3) is 0 Å². The Morgan fingerprint density at radius 3 is 1.82 bits per heavy atom. The second-order valence-corrected chi connectivity index (χ2v) is 8.54. The molecule has 0 spiro atoms. The number of ether oxygens (including phenoxy) is 2. The van der Waals surface area contributed by atoms with Gasteiger partial charge in [-0.1, -0.05) is 96.8 Å². The Kier molecular flexibility index (Phi) is 16.5. The van der Waals surface area contributed by atoms with E-state index in [1.807, 2.05) is 6.92 Å². The molecule has 165 valence electrons. The Morgan fingerprint density at radius 1 is 0.857 bits per heavy atom. The third-order valence-corrected chi connectivity index (χ3v) is 5.69. The third-order valence-electron chi connectivity index (χ3n) is 5.69. The first-order valence-corrected chi connectivity index (χ1v) is 12.3. The topological polar surface area (TPSA) is 49.6 Å². The fourth-order valence-corrected chi connectivity index (χ4v) is 3.85. The third kappa shape index (κ3) is 15.2. The average molecular weight is 397 g/mol. The number of carbonyl (C=O) groups is 1. The van der Waals surface area contributed by atoms with Crippen molar-refractivity contribution in [1.82, 2.24) is 5.32 Å². The monoisotopic (exact) mass is 396 g/mol. The van der Waals surface area contributed by atoms with E-state index in [0.29, 0.717) is 0 Å². The Morgan fingerprint density at radius 2 is 1.36 bits per heavy atom. The smallest absolute Gasteiger partial charge is 0.431 e. The van der Waals surface area contributed by atoms with Crippen LogP contribution in [0.3, 0.4) is 0 Å². The van der Waals surface area contributed by atoms with Crippen molar-refractivity contribution in [3.05, 3.63) is 0 Å². The van der Waals surface area contributed by atoms with E-state index in [2.05, 4.69) is 12.2 Å². The summed E-state index contributed by atoms with van der Waals surface area (Å²) in [6, 6.07) is 0. The summed E-state index contributed by atoms with van der Waals surface area (Å²) in [6.45, 7) is 5.03. The first kappa shape index (κ1) is 25.3. The molecule has 0 N–H and O–H groups in total. The molecule has 1 fully saturated rings. The molecule has 0 aromatic heterocycles. The van der Waals surface area contributed by atoms with Crippen molar-refractivity contribution >= 4 is 6.16 Å². The number of carbonyl (C=O) groups excluding carboxylic acids is 1. The van der Waals surface area contributed by atoms with Gasteiger partial charge in [0.25, 0.3) is 0 Å². The van der Waals surface area contributed by atoms with Gasteiger partial charge in [-0.3, -0.25) is 0 Å². The lowest BCUT2D eigenvalue weighted by Gasteiger charge is -2.15. The first-order chi connectivity index (χ1) is 13.7. The molecule has 0 bridgehead atoms. The molecule has 4 nitrogen and oxygen atoms in total. The summed E-state index contributed by atoms with van der Waals surface area (Å²) in [5.74, 6) is 0. The van der Waals surface area contributed by atoms with E-state index in [-0.39, 0.29) is 12.3 Å². The summed E-state index contributed by atoms with van der Waals surface area (Å²) in [5.41, 5.74) is 0. The van der Waals surface area contributed by atoms with Gasteiger partial charge in [-0.15, -0.1) is 0 Å². The standard InChI is InChI=1S/C24H46NO3/c1-3-4-5-6-7-8-9-10-11-12-13-14-15-16-17-19-22(2)27-24(26)28-23-20-18-21-25-23/h22-23H,3-21H2,1-2H3. The summed E-state index contributed by atoms with van der Waals surface area (Å²) < 4.78 is 10.5. The second kappa shape index (κ2) is 18.3. The molecule has 1 heterocycles. The maximum atomic E-state index is 11.7.